The molecule has 122 valence electrons. The van der Waals surface area contributed by atoms with Gasteiger partial charge in [-0.3, -0.25) is 0 Å². The number of amides is 2. The predicted octanol–water partition coefficient (Wildman–Crippen LogP) is 3.26. The minimum absolute atomic E-state index is 0.115. The van der Waals surface area contributed by atoms with Gasteiger partial charge in [0.1, 0.15) is 0 Å². The van der Waals surface area contributed by atoms with Crippen LogP contribution in [0, 0.1) is 5.92 Å². The van der Waals surface area contributed by atoms with Crippen LogP contribution in [0.4, 0.5) is 4.79 Å². The Morgan fingerprint density at radius 1 is 1.29 bits per heavy atom. The number of carbonyl (C=O) groups excluding carboxylic acids is 1. The highest BCUT2D eigenvalue weighted by atomic mass is 16.2. The molecule has 2 fully saturated rings. The van der Waals surface area contributed by atoms with Crippen LogP contribution in [0.15, 0.2) is 0 Å². The summed E-state index contributed by atoms with van der Waals surface area (Å²) in [5.41, 5.74) is 6.04. The van der Waals surface area contributed by atoms with Crippen molar-refractivity contribution in [2.45, 2.75) is 83.2 Å². The molecule has 0 saturated heterocycles. The second-order valence-corrected chi connectivity index (χ2v) is 7.21. The molecule has 2 aliphatic carbocycles. The van der Waals surface area contributed by atoms with Gasteiger partial charge >= 0.3 is 6.03 Å². The van der Waals surface area contributed by atoms with E-state index in [9.17, 15) is 4.79 Å². The van der Waals surface area contributed by atoms with Crippen molar-refractivity contribution in [1.82, 2.24) is 10.2 Å². The molecule has 0 spiro atoms. The SMILES string of the molecule is CCCN(C(=O)NC1CCCC1)C1(CN)CCCC(C)C1. The molecule has 0 aromatic heterocycles. The van der Waals surface area contributed by atoms with E-state index in [4.69, 9.17) is 5.73 Å². The van der Waals surface area contributed by atoms with Crippen LogP contribution in [-0.2, 0) is 0 Å². The second-order valence-electron chi connectivity index (χ2n) is 7.21. The first-order valence-corrected chi connectivity index (χ1v) is 8.89. The Bertz CT molecular complexity index is 341. The summed E-state index contributed by atoms with van der Waals surface area (Å²) in [6.07, 6.45) is 10.3. The van der Waals surface area contributed by atoms with E-state index >= 15 is 0 Å². The molecule has 0 aromatic carbocycles. The Labute approximate surface area is 129 Å². The molecule has 0 aliphatic heterocycles. The lowest BCUT2D eigenvalue weighted by molar-refractivity contribution is 0.0645. The molecular weight excluding hydrogens is 262 g/mol. The van der Waals surface area contributed by atoms with E-state index in [0.29, 0.717) is 18.5 Å². The third-order valence-electron chi connectivity index (χ3n) is 5.40. The first-order chi connectivity index (χ1) is 10.1. The van der Waals surface area contributed by atoms with Crippen molar-refractivity contribution >= 4 is 6.03 Å². The Balaban J connectivity index is 2.08. The molecule has 2 atom stereocenters. The van der Waals surface area contributed by atoms with E-state index in [1.54, 1.807) is 0 Å². The molecule has 2 amide bonds. The van der Waals surface area contributed by atoms with Gasteiger partial charge in [-0.1, -0.05) is 39.5 Å². The average molecular weight is 295 g/mol. The van der Waals surface area contributed by atoms with Crippen LogP contribution in [0.2, 0.25) is 0 Å². The number of urea groups is 1. The average Bonchev–Trinajstić information content (AvgIpc) is 2.97. The maximum Gasteiger partial charge on any atom is 0.318 e. The lowest BCUT2D eigenvalue weighted by Gasteiger charge is -2.48. The summed E-state index contributed by atoms with van der Waals surface area (Å²) in [7, 11) is 0. The van der Waals surface area contributed by atoms with Gasteiger partial charge in [0.15, 0.2) is 0 Å². The van der Waals surface area contributed by atoms with Crippen LogP contribution in [0.3, 0.4) is 0 Å². The molecule has 0 aromatic rings. The van der Waals surface area contributed by atoms with Gasteiger partial charge in [-0.05, 0) is 38.0 Å². The number of hydrogen-bond acceptors (Lipinski definition) is 2. The highest BCUT2D eigenvalue weighted by molar-refractivity contribution is 5.75. The zero-order valence-corrected chi connectivity index (χ0v) is 13.9. The lowest BCUT2D eigenvalue weighted by Crippen LogP contribution is -2.61. The van der Waals surface area contributed by atoms with Crippen LogP contribution in [-0.4, -0.2) is 35.6 Å². The van der Waals surface area contributed by atoms with E-state index in [1.807, 2.05) is 0 Å². The van der Waals surface area contributed by atoms with Gasteiger partial charge in [0.25, 0.3) is 0 Å². The summed E-state index contributed by atoms with van der Waals surface area (Å²) >= 11 is 0. The minimum Gasteiger partial charge on any atom is -0.335 e. The smallest absolute Gasteiger partial charge is 0.318 e. The molecule has 0 bridgehead atoms. The van der Waals surface area contributed by atoms with E-state index in [-0.39, 0.29) is 11.6 Å². The van der Waals surface area contributed by atoms with Crippen molar-refractivity contribution in [3.8, 4) is 0 Å². The Morgan fingerprint density at radius 2 is 2.00 bits per heavy atom. The van der Waals surface area contributed by atoms with Crippen molar-refractivity contribution in [3.63, 3.8) is 0 Å². The fraction of sp³-hybridized carbons (Fsp3) is 0.941. The molecule has 0 radical (unpaired) electrons. The summed E-state index contributed by atoms with van der Waals surface area (Å²) in [5, 5.41) is 3.27. The molecule has 2 rings (SSSR count). The van der Waals surface area contributed by atoms with E-state index < -0.39 is 0 Å². The van der Waals surface area contributed by atoms with Crippen molar-refractivity contribution in [2.75, 3.05) is 13.1 Å². The first-order valence-electron chi connectivity index (χ1n) is 8.89. The maximum absolute atomic E-state index is 12.8. The van der Waals surface area contributed by atoms with Gasteiger partial charge in [0.2, 0.25) is 0 Å². The minimum atomic E-state index is -0.115. The van der Waals surface area contributed by atoms with Crippen molar-refractivity contribution in [1.29, 1.82) is 0 Å². The third kappa shape index (κ3) is 3.91. The highest BCUT2D eigenvalue weighted by Crippen LogP contribution is 2.36. The van der Waals surface area contributed by atoms with Gasteiger partial charge in [-0.2, -0.15) is 0 Å². The summed E-state index contributed by atoms with van der Waals surface area (Å²) in [4.78, 5) is 14.9. The van der Waals surface area contributed by atoms with Gasteiger partial charge in [0.05, 0.1) is 5.54 Å². The van der Waals surface area contributed by atoms with Crippen LogP contribution >= 0.6 is 0 Å². The predicted molar refractivity (Wildman–Crippen MR) is 87.2 cm³/mol. The molecule has 4 nitrogen and oxygen atoms in total. The summed E-state index contributed by atoms with van der Waals surface area (Å²) in [6, 6.07) is 0.510. The Hall–Kier alpha value is -0.770. The van der Waals surface area contributed by atoms with Crippen LogP contribution < -0.4 is 11.1 Å². The second kappa shape index (κ2) is 7.48. The molecule has 21 heavy (non-hydrogen) atoms. The number of carbonyl (C=O) groups is 1. The van der Waals surface area contributed by atoms with Gasteiger partial charge in [-0.15, -0.1) is 0 Å². The molecule has 2 aliphatic rings. The summed E-state index contributed by atoms with van der Waals surface area (Å²) in [6.45, 7) is 5.85. The number of nitrogens with two attached hydrogens (primary N) is 1. The summed E-state index contributed by atoms with van der Waals surface area (Å²) < 4.78 is 0. The zero-order chi connectivity index (χ0) is 15.3. The van der Waals surface area contributed by atoms with Crippen LogP contribution in [0.1, 0.15) is 71.6 Å². The maximum atomic E-state index is 12.8. The summed E-state index contributed by atoms with van der Waals surface area (Å²) in [5.74, 6) is 0.668. The lowest BCUT2D eigenvalue weighted by atomic mass is 9.75. The first kappa shape index (κ1) is 16.6. The zero-order valence-electron chi connectivity index (χ0n) is 13.9. The topological polar surface area (TPSA) is 58.4 Å². The number of hydrogen-bond donors (Lipinski definition) is 2. The van der Waals surface area contributed by atoms with Crippen LogP contribution in [0.25, 0.3) is 0 Å². The molecule has 4 heteroatoms. The standard InChI is InChI=1S/C17H33N3O/c1-3-11-20(16(21)19-15-8-4-5-9-15)17(13-18)10-6-7-14(2)12-17/h14-15H,3-13,18H2,1-2H3,(H,19,21). The van der Waals surface area contributed by atoms with E-state index in [2.05, 4.69) is 24.1 Å². The van der Waals surface area contributed by atoms with Gasteiger partial charge in [0, 0.05) is 19.1 Å². The number of rotatable bonds is 5. The molecule has 0 heterocycles. The third-order valence-corrected chi connectivity index (χ3v) is 5.40. The van der Waals surface area contributed by atoms with Crippen molar-refractivity contribution in [3.05, 3.63) is 0 Å². The highest BCUT2D eigenvalue weighted by Gasteiger charge is 2.41. The van der Waals surface area contributed by atoms with Crippen molar-refractivity contribution < 1.29 is 4.79 Å². The number of nitrogens with zero attached hydrogens (tertiary/aromatic N) is 1. The van der Waals surface area contributed by atoms with E-state index in [1.165, 1.54) is 25.7 Å². The normalized spacial score (nSPS) is 30.3. The van der Waals surface area contributed by atoms with E-state index in [0.717, 1.165) is 38.6 Å². The molecular formula is C17H33N3O. The molecule has 3 N–H and O–H groups in total. The Morgan fingerprint density at radius 3 is 2.57 bits per heavy atom. The Kier molecular flexibility index (Phi) is 5.91. The quantitative estimate of drug-likeness (QED) is 0.818. The van der Waals surface area contributed by atoms with Crippen molar-refractivity contribution in [2.24, 2.45) is 11.7 Å². The fourth-order valence-electron chi connectivity index (χ4n) is 4.27. The largest absolute Gasteiger partial charge is 0.335 e. The number of nitrogens with one attached hydrogen (secondary N) is 1. The van der Waals surface area contributed by atoms with Gasteiger partial charge in [-0.25, -0.2) is 4.79 Å². The fourth-order valence-corrected chi connectivity index (χ4v) is 4.27. The molecule has 2 unspecified atom stereocenters. The molecule has 2 saturated carbocycles. The van der Waals surface area contributed by atoms with Crippen LogP contribution in [0.5, 0.6) is 0 Å². The monoisotopic (exact) mass is 295 g/mol. The van der Waals surface area contributed by atoms with Gasteiger partial charge < -0.3 is 16.0 Å².